The van der Waals surface area contributed by atoms with E-state index < -0.39 is 10.0 Å². The molecule has 3 rings (SSSR count). The quantitative estimate of drug-likeness (QED) is 0.722. The summed E-state index contributed by atoms with van der Waals surface area (Å²) >= 11 is 0. The molecular formula is C22H28N2O2S. The molecule has 0 amide bonds. The van der Waals surface area contributed by atoms with E-state index in [0.717, 1.165) is 43.4 Å². The highest BCUT2D eigenvalue weighted by Crippen LogP contribution is 2.31. The van der Waals surface area contributed by atoms with Crippen molar-refractivity contribution in [2.24, 2.45) is 11.0 Å². The highest BCUT2D eigenvalue weighted by Gasteiger charge is 2.20. The van der Waals surface area contributed by atoms with Crippen LogP contribution in [0.25, 0.3) is 0 Å². The molecule has 0 aliphatic heterocycles. The van der Waals surface area contributed by atoms with Gasteiger partial charge in [-0.3, -0.25) is 0 Å². The molecule has 1 aliphatic carbocycles. The minimum atomic E-state index is -3.61. The number of nitrogens with one attached hydrogen (secondary N) is 1. The van der Waals surface area contributed by atoms with Crippen LogP contribution in [-0.2, 0) is 16.4 Å². The molecule has 5 heteroatoms. The fraction of sp³-hybridized carbons (Fsp3) is 0.409. The zero-order valence-corrected chi connectivity index (χ0v) is 16.9. The van der Waals surface area contributed by atoms with E-state index in [1.54, 1.807) is 12.1 Å². The summed E-state index contributed by atoms with van der Waals surface area (Å²) in [5, 5.41) is 4.21. The van der Waals surface area contributed by atoms with Crippen LogP contribution in [0.15, 0.2) is 64.6 Å². The highest BCUT2D eigenvalue weighted by molar-refractivity contribution is 7.89. The third-order valence-electron chi connectivity index (χ3n) is 5.04. The summed E-state index contributed by atoms with van der Waals surface area (Å²) in [5.74, 6) is 1.08. The van der Waals surface area contributed by atoms with Crippen molar-refractivity contribution >= 4 is 15.7 Å². The first-order chi connectivity index (χ1) is 12.9. The van der Waals surface area contributed by atoms with Crippen LogP contribution in [0, 0.1) is 5.92 Å². The Balaban J connectivity index is 1.58. The lowest BCUT2D eigenvalue weighted by molar-refractivity contribution is 0.560. The van der Waals surface area contributed by atoms with E-state index >= 15 is 0 Å². The molecular weight excluding hydrogens is 356 g/mol. The highest BCUT2D eigenvalue weighted by atomic mass is 32.2. The Labute approximate surface area is 162 Å². The molecule has 4 nitrogen and oxygen atoms in total. The van der Waals surface area contributed by atoms with E-state index in [4.69, 9.17) is 0 Å². The van der Waals surface area contributed by atoms with Gasteiger partial charge >= 0.3 is 0 Å². The summed E-state index contributed by atoms with van der Waals surface area (Å²) < 4.78 is 25.0. The summed E-state index contributed by atoms with van der Waals surface area (Å²) in [6.45, 7) is 4.30. The van der Waals surface area contributed by atoms with Gasteiger partial charge in [-0.1, -0.05) is 56.3 Å². The van der Waals surface area contributed by atoms with Crippen molar-refractivity contribution in [1.29, 1.82) is 0 Å². The van der Waals surface area contributed by atoms with Crippen LogP contribution < -0.4 is 4.83 Å². The largest absolute Gasteiger partial charge is 0.276 e. The first-order valence-electron chi connectivity index (χ1n) is 9.65. The van der Waals surface area contributed by atoms with Gasteiger partial charge in [-0.05, 0) is 67.2 Å². The van der Waals surface area contributed by atoms with Crippen molar-refractivity contribution in [3.63, 3.8) is 0 Å². The van der Waals surface area contributed by atoms with E-state index in [0.29, 0.717) is 11.8 Å². The maximum atomic E-state index is 12.5. The molecule has 27 heavy (non-hydrogen) atoms. The van der Waals surface area contributed by atoms with Crippen LogP contribution in [-0.4, -0.2) is 14.1 Å². The molecule has 0 unspecified atom stereocenters. The average molecular weight is 385 g/mol. The molecule has 1 fully saturated rings. The molecule has 144 valence electrons. The predicted octanol–water partition coefficient (Wildman–Crippen LogP) is 4.88. The normalized spacial score (nSPS) is 17.7. The Morgan fingerprint density at radius 2 is 1.63 bits per heavy atom. The number of hydrazone groups is 1. The van der Waals surface area contributed by atoms with Gasteiger partial charge in [0.1, 0.15) is 0 Å². The lowest BCUT2D eigenvalue weighted by Crippen LogP contribution is -2.22. The Bertz CT molecular complexity index is 862. The van der Waals surface area contributed by atoms with E-state index in [-0.39, 0.29) is 4.90 Å². The summed E-state index contributed by atoms with van der Waals surface area (Å²) in [6, 6.07) is 17.6. The van der Waals surface area contributed by atoms with Crippen molar-refractivity contribution in [1.82, 2.24) is 4.83 Å². The molecule has 1 saturated carbocycles. The first-order valence-corrected chi connectivity index (χ1v) is 11.1. The fourth-order valence-electron chi connectivity index (χ4n) is 3.57. The number of benzene rings is 2. The summed E-state index contributed by atoms with van der Waals surface area (Å²) in [5.41, 5.74) is 3.44. The lowest BCUT2D eigenvalue weighted by atomic mass is 9.83. The molecule has 1 N–H and O–H groups in total. The van der Waals surface area contributed by atoms with E-state index in [2.05, 4.69) is 48.0 Å². The second kappa shape index (κ2) is 8.70. The van der Waals surface area contributed by atoms with Crippen LogP contribution in [0.4, 0.5) is 0 Å². The number of sulfonamides is 1. The predicted molar refractivity (Wildman–Crippen MR) is 110 cm³/mol. The number of hydrogen-bond acceptors (Lipinski definition) is 3. The molecule has 0 heterocycles. The fourth-order valence-corrected chi connectivity index (χ4v) is 4.42. The number of hydrogen-bond donors (Lipinski definition) is 1. The third kappa shape index (κ3) is 5.42. The summed E-state index contributed by atoms with van der Waals surface area (Å²) in [6.07, 6.45) is 4.62. The molecule has 0 aromatic heterocycles. The van der Waals surface area contributed by atoms with Crippen molar-refractivity contribution in [2.75, 3.05) is 0 Å². The zero-order chi connectivity index (χ0) is 19.3. The van der Waals surface area contributed by atoms with Crippen LogP contribution in [0.3, 0.4) is 0 Å². The van der Waals surface area contributed by atoms with Crippen molar-refractivity contribution in [2.45, 2.75) is 56.8 Å². The van der Waals surface area contributed by atoms with Crippen molar-refractivity contribution in [3.8, 4) is 0 Å². The van der Waals surface area contributed by atoms with Gasteiger partial charge < -0.3 is 0 Å². The molecule has 0 radical (unpaired) electrons. The van der Waals surface area contributed by atoms with Gasteiger partial charge in [0.05, 0.1) is 4.90 Å². The van der Waals surface area contributed by atoms with Gasteiger partial charge in [0.2, 0.25) is 0 Å². The Morgan fingerprint density at radius 1 is 1.00 bits per heavy atom. The van der Waals surface area contributed by atoms with Crippen molar-refractivity contribution < 1.29 is 8.42 Å². The zero-order valence-electron chi connectivity index (χ0n) is 16.1. The SMILES string of the molecule is CC(C)Cc1ccc(S(=O)(=O)NN=C2CCC(c3ccccc3)CC2)cc1. The number of nitrogens with zero attached hydrogens (tertiary/aromatic N) is 1. The first kappa shape index (κ1) is 19.6. The lowest BCUT2D eigenvalue weighted by Gasteiger charge is -2.23. The molecule has 0 saturated heterocycles. The number of rotatable bonds is 6. The molecule has 1 aliphatic rings. The standard InChI is InChI=1S/C22H28N2O2S/c1-17(2)16-18-8-14-22(15-9-18)27(25,26)24-23-21-12-10-20(11-13-21)19-6-4-3-5-7-19/h3-9,14-15,17,20,24H,10-13,16H2,1-2H3. The molecule has 2 aromatic rings. The summed E-state index contributed by atoms with van der Waals surface area (Å²) in [4.78, 5) is 2.68. The molecule has 0 spiro atoms. The Hall–Kier alpha value is -2.14. The molecule has 0 bridgehead atoms. The van der Waals surface area contributed by atoms with Crippen LogP contribution >= 0.6 is 0 Å². The van der Waals surface area contributed by atoms with Gasteiger partial charge in [0, 0.05) is 5.71 Å². The van der Waals surface area contributed by atoms with Gasteiger partial charge in [0.15, 0.2) is 0 Å². The second-order valence-electron chi connectivity index (χ2n) is 7.70. The molecule has 2 aromatic carbocycles. The minimum Gasteiger partial charge on any atom is -0.200 e. The smallest absolute Gasteiger partial charge is 0.200 e. The summed E-state index contributed by atoms with van der Waals surface area (Å²) in [7, 11) is -3.61. The van der Waals surface area contributed by atoms with Gasteiger partial charge in [0.25, 0.3) is 10.0 Å². The van der Waals surface area contributed by atoms with E-state index in [1.807, 2.05) is 18.2 Å². The Morgan fingerprint density at radius 3 is 2.22 bits per heavy atom. The Kier molecular flexibility index (Phi) is 6.32. The maximum absolute atomic E-state index is 12.5. The van der Waals surface area contributed by atoms with Gasteiger partial charge in [-0.15, -0.1) is 0 Å². The average Bonchev–Trinajstić information content (AvgIpc) is 2.67. The van der Waals surface area contributed by atoms with Crippen LogP contribution in [0.5, 0.6) is 0 Å². The van der Waals surface area contributed by atoms with Crippen LogP contribution in [0.1, 0.15) is 56.6 Å². The maximum Gasteiger partial charge on any atom is 0.276 e. The van der Waals surface area contributed by atoms with Gasteiger partial charge in [-0.2, -0.15) is 13.5 Å². The monoisotopic (exact) mass is 384 g/mol. The topological polar surface area (TPSA) is 58.5 Å². The van der Waals surface area contributed by atoms with E-state index in [1.165, 1.54) is 5.56 Å². The third-order valence-corrected chi connectivity index (χ3v) is 6.26. The second-order valence-corrected chi connectivity index (χ2v) is 9.36. The van der Waals surface area contributed by atoms with Gasteiger partial charge in [-0.25, -0.2) is 4.83 Å². The molecule has 0 atom stereocenters. The van der Waals surface area contributed by atoms with Crippen molar-refractivity contribution in [3.05, 3.63) is 65.7 Å². The van der Waals surface area contributed by atoms with E-state index in [9.17, 15) is 8.42 Å². The van der Waals surface area contributed by atoms with Crippen LogP contribution in [0.2, 0.25) is 0 Å². The minimum absolute atomic E-state index is 0.261.